The number of rotatable bonds is 5. The van der Waals surface area contributed by atoms with Crippen LogP contribution in [-0.4, -0.2) is 32.6 Å². The molecule has 8 nitrogen and oxygen atoms in total. The number of hydrogen-bond acceptors (Lipinski definition) is 6. The van der Waals surface area contributed by atoms with Crippen LogP contribution in [0, 0.1) is 17.0 Å². The summed E-state index contributed by atoms with van der Waals surface area (Å²) in [5.74, 6) is -1.56. The lowest BCUT2D eigenvalue weighted by Gasteiger charge is -2.06. The number of aliphatic carboxylic acids is 1. The predicted molar refractivity (Wildman–Crippen MR) is 72.0 cm³/mol. The first-order valence-electron chi connectivity index (χ1n) is 5.89. The van der Waals surface area contributed by atoms with E-state index in [1.54, 1.807) is 25.3 Å². The smallest absolute Gasteiger partial charge is 0.341 e. The fraction of sp³-hybridized carbons (Fsp3) is 0.154. The van der Waals surface area contributed by atoms with Crippen molar-refractivity contribution in [2.75, 3.05) is 6.61 Å². The number of hydrogen-bond donors (Lipinski definition) is 1. The molecule has 0 aliphatic heterocycles. The molecule has 0 fully saturated rings. The Bertz CT molecular complexity index is 702. The molecule has 1 N–H and O–H groups in total. The summed E-state index contributed by atoms with van der Waals surface area (Å²) >= 11 is 0. The zero-order chi connectivity index (χ0) is 15.4. The second-order valence-electron chi connectivity index (χ2n) is 4.17. The highest BCUT2D eigenvalue weighted by Crippen LogP contribution is 2.30. The molecule has 0 unspecified atom stereocenters. The number of nitro groups is 1. The van der Waals surface area contributed by atoms with E-state index in [9.17, 15) is 14.9 Å². The monoisotopic (exact) mass is 289 g/mol. The highest BCUT2D eigenvalue weighted by Gasteiger charge is 2.19. The molecular formula is C13H11N3O5. The van der Waals surface area contributed by atoms with Crippen molar-refractivity contribution in [3.8, 4) is 17.0 Å². The van der Waals surface area contributed by atoms with Crippen LogP contribution in [0.5, 0.6) is 5.88 Å². The molecule has 21 heavy (non-hydrogen) atoms. The maximum atomic E-state index is 11.0. The van der Waals surface area contributed by atoms with E-state index in [-0.39, 0.29) is 11.6 Å². The van der Waals surface area contributed by atoms with Crippen LogP contribution < -0.4 is 4.74 Å². The van der Waals surface area contributed by atoms with E-state index in [0.29, 0.717) is 5.56 Å². The summed E-state index contributed by atoms with van der Waals surface area (Å²) in [6.45, 7) is 1.11. The number of carboxylic acid groups (broad SMARTS) is 1. The quantitative estimate of drug-likeness (QED) is 0.659. The molecule has 0 atom stereocenters. The van der Waals surface area contributed by atoms with Gasteiger partial charge >= 0.3 is 11.7 Å². The van der Waals surface area contributed by atoms with Crippen LogP contribution in [0.15, 0.2) is 30.6 Å². The van der Waals surface area contributed by atoms with E-state index in [1.165, 1.54) is 12.3 Å². The zero-order valence-electron chi connectivity index (χ0n) is 11.0. The van der Waals surface area contributed by atoms with Gasteiger partial charge in [-0.05, 0) is 24.6 Å². The van der Waals surface area contributed by atoms with Crippen LogP contribution >= 0.6 is 0 Å². The number of nitrogens with zero attached hydrogens (tertiary/aromatic N) is 3. The zero-order valence-corrected chi connectivity index (χ0v) is 11.0. The summed E-state index contributed by atoms with van der Waals surface area (Å²) in [6, 6.07) is 4.75. The fourth-order valence-electron chi connectivity index (χ4n) is 1.70. The van der Waals surface area contributed by atoms with Gasteiger partial charge in [-0.2, -0.15) is 0 Å². The van der Waals surface area contributed by atoms with Crippen LogP contribution in [0.3, 0.4) is 0 Å². The van der Waals surface area contributed by atoms with Crippen molar-refractivity contribution in [1.82, 2.24) is 9.97 Å². The number of aromatic nitrogens is 2. The van der Waals surface area contributed by atoms with Crippen LogP contribution in [0.1, 0.15) is 5.69 Å². The topological polar surface area (TPSA) is 115 Å². The molecule has 0 saturated carbocycles. The van der Waals surface area contributed by atoms with Crippen molar-refractivity contribution in [2.45, 2.75) is 6.92 Å². The molecule has 108 valence electrons. The molecular weight excluding hydrogens is 278 g/mol. The van der Waals surface area contributed by atoms with Crippen molar-refractivity contribution < 1.29 is 19.6 Å². The maximum Gasteiger partial charge on any atom is 0.341 e. The van der Waals surface area contributed by atoms with Crippen molar-refractivity contribution in [1.29, 1.82) is 0 Å². The van der Waals surface area contributed by atoms with Gasteiger partial charge in [0.25, 0.3) is 5.88 Å². The molecule has 0 spiro atoms. The second kappa shape index (κ2) is 5.95. The Balaban J connectivity index is 2.40. The number of ether oxygens (including phenoxy) is 1. The molecule has 0 aliphatic rings. The minimum absolute atomic E-state index is 0.322. The lowest BCUT2D eigenvalue weighted by Crippen LogP contribution is -2.11. The Kier molecular flexibility index (Phi) is 4.07. The van der Waals surface area contributed by atoms with Crippen molar-refractivity contribution in [3.63, 3.8) is 0 Å². The van der Waals surface area contributed by atoms with Crippen LogP contribution in [0.25, 0.3) is 11.1 Å². The average Bonchev–Trinajstić information content (AvgIpc) is 2.44. The van der Waals surface area contributed by atoms with Gasteiger partial charge in [-0.3, -0.25) is 15.1 Å². The van der Waals surface area contributed by atoms with Gasteiger partial charge in [0, 0.05) is 29.7 Å². The Morgan fingerprint density at radius 3 is 2.76 bits per heavy atom. The molecule has 2 aromatic rings. The third-order valence-electron chi connectivity index (χ3n) is 2.59. The molecule has 8 heteroatoms. The van der Waals surface area contributed by atoms with Gasteiger partial charge in [0.05, 0.1) is 4.92 Å². The largest absolute Gasteiger partial charge is 0.479 e. The van der Waals surface area contributed by atoms with Gasteiger partial charge in [0.1, 0.15) is 0 Å². The number of aryl methyl sites for hydroxylation is 1. The lowest BCUT2D eigenvalue weighted by molar-refractivity contribution is -0.386. The summed E-state index contributed by atoms with van der Waals surface area (Å²) in [4.78, 5) is 28.7. The normalized spacial score (nSPS) is 10.1. The summed E-state index contributed by atoms with van der Waals surface area (Å²) < 4.78 is 4.81. The summed E-state index contributed by atoms with van der Waals surface area (Å²) in [7, 11) is 0. The Morgan fingerprint density at radius 2 is 2.14 bits per heavy atom. The van der Waals surface area contributed by atoms with Gasteiger partial charge in [0.2, 0.25) is 0 Å². The van der Waals surface area contributed by atoms with E-state index in [2.05, 4.69) is 9.97 Å². The van der Waals surface area contributed by atoms with Crippen molar-refractivity contribution in [2.24, 2.45) is 0 Å². The first-order chi connectivity index (χ1) is 9.97. The highest BCUT2D eigenvalue weighted by molar-refractivity contribution is 5.69. The molecule has 2 heterocycles. The number of pyridine rings is 2. The molecule has 0 radical (unpaired) electrons. The molecule has 0 bridgehead atoms. The number of carbonyl (C=O) groups is 1. The molecule has 0 amide bonds. The van der Waals surface area contributed by atoms with Gasteiger partial charge in [-0.15, -0.1) is 0 Å². The Morgan fingerprint density at radius 1 is 1.38 bits per heavy atom. The van der Waals surface area contributed by atoms with Gasteiger partial charge in [0.15, 0.2) is 6.61 Å². The van der Waals surface area contributed by atoms with Gasteiger partial charge in [-0.25, -0.2) is 9.78 Å². The van der Waals surface area contributed by atoms with E-state index in [4.69, 9.17) is 9.84 Å². The number of carboxylic acids is 1. The minimum atomic E-state index is -1.24. The van der Waals surface area contributed by atoms with Crippen molar-refractivity contribution in [3.05, 3.63) is 46.4 Å². The van der Waals surface area contributed by atoms with Crippen LogP contribution in [0.4, 0.5) is 5.69 Å². The van der Waals surface area contributed by atoms with Gasteiger partial charge in [-0.1, -0.05) is 0 Å². The molecule has 2 aromatic heterocycles. The maximum absolute atomic E-state index is 11.0. The summed E-state index contributed by atoms with van der Waals surface area (Å²) in [5, 5.41) is 19.6. The molecule has 0 aromatic carbocycles. The van der Waals surface area contributed by atoms with Crippen molar-refractivity contribution >= 4 is 11.7 Å². The lowest BCUT2D eigenvalue weighted by atomic mass is 10.1. The molecule has 0 aliphatic carbocycles. The Labute approximate surface area is 119 Å². The van der Waals surface area contributed by atoms with E-state index >= 15 is 0 Å². The summed E-state index contributed by atoms with van der Waals surface area (Å²) in [5.41, 5.74) is 1.63. The molecule has 2 rings (SSSR count). The minimum Gasteiger partial charge on any atom is -0.479 e. The average molecular weight is 289 g/mol. The first-order valence-corrected chi connectivity index (χ1v) is 5.89. The molecule has 0 saturated heterocycles. The second-order valence-corrected chi connectivity index (χ2v) is 4.17. The Hall–Kier alpha value is -3.03. The standard InChI is InChI=1S/C13H11N3O5/c1-8-4-9(2-3-14-8)10-5-11(16(19)20)13(15-6-10)21-7-12(17)18/h2-6H,7H2,1H3,(H,17,18). The third-order valence-corrected chi connectivity index (χ3v) is 2.59. The fourth-order valence-corrected chi connectivity index (χ4v) is 1.70. The predicted octanol–water partition coefficient (Wildman–Crippen LogP) is 1.82. The van der Waals surface area contributed by atoms with Gasteiger partial charge < -0.3 is 9.84 Å². The highest BCUT2D eigenvalue weighted by atomic mass is 16.6. The third kappa shape index (κ3) is 3.50. The SMILES string of the molecule is Cc1cc(-c2cnc(OCC(=O)O)c([N+](=O)[O-])c2)ccn1. The van der Waals surface area contributed by atoms with Crippen LogP contribution in [0.2, 0.25) is 0 Å². The van der Waals surface area contributed by atoms with E-state index in [1.807, 2.05) is 0 Å². The van der Waals surface area contributed by atoms with E-state index < -0.39 is 17.5 Å². The summed E-state index contributed by atoms with van der Waals surface area (Å²) in [6.07, 6.45) is 2.98. The first kappa shape index (κ1) is 14.4. The van der Waals surface area contributed by atoms with E-state index in [0.717, 1.165) is 11.3 Å². The van der Waals surface area contributed by atoms with Crippen LogP contribution in [-0.2, 0) is 4.79 Å².